The number of fused-ring (bicyclic) bond motifs is 2. The number of halogens is 1. The highest BCUT2D eigenvalue weighted by Crippen LogP contribution is 2.17. The molecule has 2 heterocycles. The van der Waals surface area contributed by atoms with Gasteiger partial charge in [-0.1, -0.05) is 76.8 Å². The van der Waals surface area contributed by atoms with E-state index in [-0.39, 0.29) is 4.90 Å². The summed E-state index contributed by atoms with van der Waals surface area (Å²) in [5, 5.41) is 1.42. The van der Waals surface area contributed by atoms with Gasteiger partial charge in [0.05, 0.1) is 4.90 Å². The van der Waals surface area contributed by atoms with Crippen molar-refractivity contribution in [3.8, 4) is 0 Å². The van der Waals surface area contributed by atoms with Crippen molar-refractivity contribution in [1.82, 2.24) is 0 Å². The van der Waals surface area contributed by atoms with E-state index in [4.69, 9.17) is 11.3 Å². The molecule has 5 rings (SSSR count). The van der Waals surface area contributed by atoms with Gasteiger partial charge < -0.3 is 8.83 Å². The minimum atomic E-state index is -4.15. The van der Waals surface area contributed by atoms with Crippen LogP contribution in [0.1, 0.15) is 76.7 Å². The molecular formula is C36H39IO7S+. The summed E-state index contributed by atoms with van der Waals surface area (Å²) in [7, 11) is -4.15. The normalized spacial score (nSPS) is 12.0. The summed E-state index contributed by atoms with van der Waals surface area (Å²) in [6, 6.07) is 23.4. The third kappa shape index (κ3) is 9.14. The van der Waals surface area contributed by atoms with Gasteiger partial charge in [0.15, 0.2) is 7.14 Å². The molecular weight excluding hydrogens is 703 g/mol. The second kappa shape index (κ2) is 15.8. The molecule has 2 aromatic heterocycles. The van der Waals surface area contributed by atoms with Crippen LogP contribution < -0.4 is 31.5 Å². The molecule has 0 fully saturated rings. The lowest BCUT2D eigenvalue weighted by molar-refractivity contribution is -1.03. The Morgan fingerprint density at radius 1 is 0.600 bits per heavy atom. The van der Waals surface area contributed by atoms with Gasteiger partial charge in [-0.2, -0.15) is 8.42 Å². The molecule has 0 amide bonds. The number of hydrogen-bond acceptors (Lipinski definition) is 7. The van der Waals surface area contributed by atoms with Crippen LogP contribution in [-0.2, 0) is 19.1 Å². The molecule has 0 N–H and O–H groups in total. The van der Waals surface area contributed by atoms with E-state index >= 15 is 0 Å². The van der Waals surface area contributed by atoms with Crippen LogP contribution in [0.2, 0.25) is 0 Å². The van der Waals surface area contributed by atoms with E-state index in [1.54, 1.807) is 60.7 Å². The van der Waals surface area contributed by atoms with Gasteiger partial charge in [-0.15, -0.1) is 0 Å². The fraction of sp³-hybridized carbons (Fsp3) is 0.333. The average molecular weight is 743 g/mol. The summed E-state index contributed by atoms with van der Waals surface area (Å²) in [6.07, 6.45) is 13.6. The van der Waals surface area contributed by atoms with Gasteiger partial charge in [-0.05, 0) is 69.4 Å². The van der Waals surface area contributed by atoms with E-state index in [0.717, 1.165) is 18.4 Å². The van der Waals surface area contributed by atoms with Gasteiger partial charge in [0.25, 0.3) is 0 Å². The van der Waals surface area contributed by atoms with Crippen LogP contribution in [0.25, 0.3) is 21.9 Å². The standard InChI is InChI=1S/C36H39IO7S/c1-2-3-4-5-6-7-8-9-10-11-12-27-13-21-32(22-14-27)45(40,41)44-37(30-19-15-28-17-23-35(38)42-33(28)25-30)31-20-16-29-18-24-36(39)43-34(29)26-31/h13-26H,2-12H2,1H3/q+1. The predicted molar refractivity (Wildman–Crippen MR) is 173 cm³/mol. The molecule has 0 aliphatic rings. The lowest BCUT2D eigenvalue weighted by Gasteiger charge is -2.08. The molecule has 0 unspecified atom stereocenters. The van der Waals surface area contributed by atoms with Crippen molar-refractivity contribution < 1.29 is 40.0 Å². The molecule has 1 radical (unpaired) electrons. The predicted octanol–water partition coefficient (Wildman–Crippen LogP) is 5.35. The maximum absolute atomic E-state index is 13.6. The van der Waals surface area contributed by atoms with Gasteiger partial charge in [0, 0.05) is 35.0 Å². The summed E-state index contributed by atoms with van der Waals surface area (Å²) in [4.78, 5) is 23.9. The fourth-order valence-corrected chi connectivity index (χ4v) is 12.2. The molecule has 9 heteroatoms. The maximum Gasteiger partial charge on any atom is 0.336 e. The Balaban J connectivity index is 1.30. The molecule has 0 bridgehead atoms. The molecule has 0 aliphatic heterocycles. The van der Waals surface area contributed by atoms with Gasteiger partial charge >= 0.3 is 41.6 Å². The van der Waals surface area contributed by atoms with E-state index in [1.165, 1.54) is 69.9 Å². The molecule has 237 valence electrons. The third-order valence-corrected chi connectivity index (χ3v) is 15.0. The Morgan fingerprint density at radius 3 is 1.58 bits per heavy atom. The first-order valence-electron chi connectivity index (χ1n) is 15.6. The van der Waals surface area contributed by atoms with E-state index in [2.05, 4.69) is 6.92 Å². The molecule has 0 aliphatic carbocycles. The molecule has 7 nitrogen and oxygen atoms in total. The molecule has 0 saturated heterocycles. The average Bonchev–Trinajstić information content (AvgIpc) is 3.04. The van der Waals surface area contributed by atoms with Crippen molar-refractivity contribution in [2.45, 2.75) is 82.4 Å². The van der Waals surface area contributed by atoms with Crippen molar-refractivity contribution in [3.05, 3.63) is 118 Å². The van der Waals surface area contributed by atoms with E-state index in [0.29, 0.717) is 29.1 Å². The van der Waals surface area contributed by atoms with Crippen LogP contribution in [0.5, 0.6) is 0 Å². The second-order valence-corrected chi connectivity index (χ2v) is 17.7. The van der Waals surface area contributed by atoms with Crippen molar-refractivity contribution in [2.24, 2.45) is 0 Å². The largest absolute Gasteiger partial charge is 0.423 e. The summed E-state index contributed by atoms with van der Waals surface area (Å²) in [5.74, 6) is 0. The summed E-state index contributed by atoms with van der Waals surface area (Å²) in [5.41, 5.74) is 0.773. The molecule has 0 atom stereocenters. The van der Waals surface area contributed by atoms with Crippen molar-refractivity contribution in [2.75, 3.05) is 0 Å². The SMILES string of the molecule is CCCCCCCCCCCCc1ccc(S(=O)(=O)O[I+](c2ccc3ccc(=O)oc3c2)c2ccc3ccc(=O)oc3c2)cc1. The van der Waals surface area contributed by atoms with Gasteiger partial charge in [-0.25, -0.2) is 9.59 Å². The monoisotopic (exact) mass is 742 g/mol. The van der Waals surface area contributed by atoms with Crippen molar-refractivity contribution >= 4 is 32.1 Å². The minimum absolute atomic E-state index is 0.0799. The van der Waals surface area contributed by atoms with Crippen LogP contribution in [0, 0.1) is 7.14 Å². The van der Waals surface area contributed by atoms with Gasteiger partial charge in [-0.3, -0.25) is 0 Å². The lowest BCUT2D eigenvalue weighted by atomic mass is 10.0. The Bertz CT molecular complexity index is 1850. The number of unbranched alkanes of at least 4 members (excludes halogenated alkanes) is 9. The van der Waals surface area contributed by atoms with Crippen LogP contribution in [0.3, 0.4) is 0 Å². The Labute approximate surface area is 271 Å². The maximum atomic E-state index is 13.6. The zero-order valence-corrected chi connectivity index (χ0v) is 28.5. The summed E-state index contributed by atoms with van der Waals surface area (Å²) in [6.45, 7) is 2.24. The topological polar surface area (TPSA) is 104 Å². The summed E-state index contributed by atoms with van der Waals surface area (Å²) < 4.78 is 45.3. The zero-order chi connectivity index (χ0) is 31.6. The number of aryl methyl sites for hydroxylation is 1. The van der Waals surface area contributed by atoms with Crippen LogP contribution in [0.15, 0.2) is 108 Å². The highest BCUT2D eigenvalue weighted by molar-refractivity contribution is 7.86. The number of benzene rings is 3. The second-order valence-electron chi connectivity index (χ2n) is 11.2. The first-order valence-corrected chi connectivity index (χ1v) is 20.1. The first-order chi connectivity index (χ1) is 21.8. The van der Waals surface area contributed by atoms with E-state index in [1.807, 2.05) is 12.1 Å². The molecule has 45 heavy (non-hydrogen) atoms. The fourth-order valence-electron chi connectivity index (χ4n) is 5.24. The molecule has 0 saturated carbocycles. The molecule has 5 aromatic rings. The lowest BCUT2D eigenvalue weighted by Crippen LogP contribution is -3.85. The van der Waals surface area contributed by atoms with Crippen molar-refractivity contribution in [1.29, 1.82) is 0 Å². The zero-order valence-electron chi connectivity index (χ0n) is 25.5. The molecule has 0 spiro atoms. The van der Waals surface area contributed by atoms with Crippen LogP contribution in [-0.4, -0.2) is 8.42 Å². The number of rotatable bonds is 16. The smallest absolute Gasteiger partial charge is 0.336 e. The Kier molecular flexibility index (Phi) is 11.6. The van der Waals surface area contributed by atoms with Gasteiger partial charge in [0.1, 0.15) is 11.2 Å². The molecule has 3 aromatic carbocycles. The highest BCUT2D eigenvalue weighted by Gasteiger charge is 2.38. The van der Waals surface area contributed by atoms with E-state index in [9.17, 15) is 18.0 Å². The third-order valence-electron chi connectivity index (χ3n) is 7.74. The van der Waals surface area contributed by atoms with Crippen LogP contribution in [0.4, 0.5) is 0 Å². The highest BCUT2D eigenvalue weighted by atomic mass is 127. The number of hydrogen-bond donors (Lipinski definition) is 0. The minimum Gasteiger partial charge on any atom is -0.423 e. The quantitative estimate of drug-likeness (QED) is 0.0764. The Hall–Kier alpha value is -3.28. The Morgan fingerprint density at radius 2 is 1.07 bits per heavy atom. The summed E-state index contributed by atoms with van der Waals surface area (Å²) >= 11 is -3.19. The van der Waals surface area contributed by atoms with Crippen molar-refractivity contribution in [3.63, 3.8) is 0 Å². The van der Waals surface area contributed by atoms with Gasteiger partial charge in [0.2, 0.25) is 0 Å². The van der Waals surface area contributed by atoms with E-state index < -0.39 is 41.6 Å². The van der Waals surface area contributed by atoms with Crippen LogP contribution >= 0.6 is 0 Å². The first kappa shape index (κ1) is 33.1.